The van der Waals surface area contributed by atoms with Gasteiger partial charge in [0.25, 0.3) is 0 Å². The standard InChI is InChI=1S/C42H68N6O6S/c1-13-28(6)37(47(10)42(52)35(26(2)3)45-40(51)36(27(4)5)46(8)9)33(53-11)25-34(49)48-22-17-20-32(48)38(54-12)29(7)39(50)44-31(41-43-21-23-55-41)24-30-18-15-14-16-19-30/h14-16,18-19,21,23,26-29,31-33,35-38H,13,17,20,22,24-25H2,1-12H3,(H,44,50)(H,45,51)/t28-,29+,31-,32+,33-,35+,36-,37+,38+/m0/s1. The molecule has 2 aromatic rings. The van der Waals surface area contributed by atoms with Gasteiger partial charge < -0.3 is 29.9 Å². The molecule has 0 spiro atoms. The molecular weight excluding hydrogens is 717 g/mol. The highest BCUT2D eigenvalue weighted by Gasteiger charge is 2.43. The predicted octanol–water partition coefficient (Wildman–Crippen LogP) is 5.19. The summed E-state index contributed by atoms with van der Waals surface area (Å²) in [6.07, 6.45) is 3.49. The van der Waals surface area contributed by atoms with Crippen molar-refractivity contribution < 1.29 is 28.7 Å². The summed E-state index contributed by atoms with van der Waals surface area (Å²) >= 11 is 1.51. The number of methoxy groups -OCH3 is 2. The number of thiazole rings is 1. The molecule has 12 nitrogen and oxygen atoms in total. The monoisotopic (exact) mass is 784 g/mol. The van der Waals surface area contributed by atoms with E-state index in [-0.39, 0.29) is 65.9 Å². The lowest BCUT2D eigenvalue weighted by molar-refractivity contribution is -0.148. The molecule has 1 fully saturated rings. The molecule has 0 unspecified atom stereocenters. The van der Waals surface area contributed by atoms with Gasteiger partial charge in [-0.2, -0.15) is 0 Å². The normalized spacial score (nSPS) is 19.0. The van der Waals surface area contributed by atoms with Crippen LogP contribution in [-0.2, 0) is 35.1 Å². The highest BCUT2D eigenvalue weighted by atomic mass is 32.1. The van der Waals surface area contributed by atoms with E-state index in [1.54, 1.807) is 32.4 Å². The Bertz CT molecular complexity index is 1480. The lowest BCUT2D eigenvalue weighted by Crippen LogP contribution is -2.59. The minimum atomic E-state index is -0.751. The van der Waals surface area contributed by atoms with Crippen LogP contribution in [0.25, 0.3) is 0 Å². The molecule has 55 heavy (non-hydrogen) atoms. The number of ether oxygens (including phenoxy) is 2. The Kier molecular flexibility index (Phi) is 18.2. The number of hydrogen-bond donors (Lipinski definition) is 2. The summed E-state index contributed by atoms with van der Waals surface area (Å²) in [6.45, 7) is 14.3. The molecule has 2 heterocycles. The van der Waals surface area contributed by atoms with Gasteiger partial charge in [-0.3, -0.25) is 24.1 Å². The van der Waals surface area contributed by atoms with Crippen molar-refractivity contribution in [1.29, 1.82) is 0 Å². The number of likely N-dealkylation sites (tertiary alicyclic amines) is 1. The van der Waals surface area contributed by atoms with Crippen LogP contribution in [0.1, 0.15) is 90.8 Å². The Labute approximate surface area is 334 Å². The highest BCUT2D eigenvalue weighted by Crippen LogP contribution is 2.30. The number of hydrogen-bond acceptors (Lipinski definition) is 9. The largest absolute Gasteiger partial charge is 0.379 e. The van der Waals surface area contributed by atoms with Crippen molar-refractivity contribution in [1.82, 2.24) is 30.3 Å². The van der Waals surface area contributed by atoms with Crippen LogP contribution in [0.4, 0.5) is 0 Å². The molecule has 13 heteroatoms. The first-order chi connectivity index (χ1) is 26.1. The van der Waals surface area contributed by atoms with Crippen molar-refractivity contribution in [2.45, 2.75) is 123 Å². The number of carbonyl (C=O) groups excluding carboxylic acids is 4. The number of nitrogens with one attached hydrogen (secondary N) is 2. The summed E-state index contributed by atoms with van der Waals surface area (Å²) in [4.78, 5) is 65.8. The average molecular weight is 785 g/mol. The maximum atomic E-state index is 14.3. The lowest BCUT2D eigenvalue weighted by atomic mass is 9.89. The average Bonchev–Trinajstić information content (AvgIpc) is 3.87. The number of rotatable bonds is 21. The summed E-state index contributed by atoms with van der Waals surface area (Å²) in [5.74, 6) is -1.35. The Hall–Kier alpha value is -3.39. The molecule has 1 aromatic heterocycles. The van der Waals surface area contributed by atoms with Gasteiger partial charge >= 0.3 is 0 Å². The molecule has 1 saturated heterocycles. The highest BCUT2D eigenvalue weighted by molar-refractivity contribution is 7.09. The van der Waals surface area contributed by atoms with Gasteiger partial charge in [-0.15, -0.1) is 11.3 Å². The first-order valence-corrected chi connectivity index (χ1v) is 20.8. The topological polar surface area (TPSA) is 133 Å². The van der Waals surface area contributed by atoms with Gasteiger partial charge in [0.1, 0.15) is 11.0 Å². The van der Waals surface area contributed by atoms with E-state index in [1.807, 2.05) is 94.2 Å². The predicted molar refractivity (Wildman–Crippen MR) is 218 cm³/mol. The van der Waals surface area contributed by atoms with Crippen molar-refractivity contribution in [2.75, 3.05) is 41.9 Å². The smallest absolute Gasteiger partial charge is 0.245 e. The van der Waals surface area contributed by atoms with Crippen LogP contribution in [0.15, 0.2) is 41.9 Å². The third-order valence-electron chi connectivity index (χ3n) is 11.3. The fourth-order valence-electron chi connectivity index (χ4n) is 8.17. The summed E-state index contributed by atoms with van der Waals surface area (Å²) in [7, 11) is 8.66. The summed E-state index contributed by atoms with van der Waals surface area (Å²) in [5.41, 5.74) is 1.09. The molecule has 4 amide bonds. The maximum Gasteiger partial charge on any atom is 0.245 e. The van der Waals surface area contributed by atoms with E-state index in [1.165, 1.54) is 11.3 Å². The van der Waals surface area contributed by atoms with E-state index in [9.17, 15) is 19.2 Å². The van der Waals surface area contributed by atoms with Crippen LogP contribution in [-0.4, -0.2) is 122 Å². The first kappa shape index (κ1) is 46.0. The Morgan fingerprint density at radius 1 is 0.945 bits per heavy atom. The summed E-state index contributed by atoms with van der Waals surface area (Å²) < 4.78 is 12.1. The Balaban J connectivity index is 1.79. The van der Waals surface area contributed by atoms with Gasteiger partial charge in [0.2, 0.25) is 23.6 Å². The summed E-state index contributed by atoms with van der Waals surface area (Å²) in [6, 6.07) is 7.83. The zero-order chi connectivity index (χ0) is 41.0. The second kappa shape index (κ2) is 21.8. The molecular formula is C42H68N6O6S. The number of carbonyl (C=O) groups is 4. The summed E-state index contributed by atoms with van der Waals surface area (Å²) in [5, 5.41) is 9.02. The van der Waals surface area contributed by atoms with E-state index in [0.29, 0.717) is 19.4 Å². The van der Waals surface area contributed by atoms with E-state index in [2.05, 4.69) is 29.5 Å². The van der Waals surface area contributed by atoms with Gasteiger partial charge in [0.15, 0.2) is 0 Å². The van der Waals surface area contributed by atoms with Gasteiger partial charge in [-0.25, -0.2) is 4.98 Å². The SMILES string of the molecule is CC[C@H](C)[C@H]([C@H](CC(=O)N1CCC[C@@H]1[C@H](OC)[C@@H](C)C(=O)N[C@@H](Cc1ccccc1)c1nccs1)OC)N(C)C(=O)[C@H](NC(=O)[C@H](C(C)C)N(C)C)C(C)C. The van der Waals surface area contributed by atoms with E-state index < -0.39 is 30.2 Å². The molecule has 0 bridgehead atoms. The van der Waals surface area contributed by atoms with Crippen molar-refractivity contribution in [3.8, 4) is 0 Å². The third kappa shape index (κ3) is 12.1. The molecule has 1 aromatic carbocycles. The fourth-order valence-corrected chi connectivity index (χ4v) is 8.86. The molecule has 0 aliphatic carbocycles. The minimum absolute atomic E-state index is 0.00751. The van der Waals surface area contributed by atoms with E-state index in [0.717, 1.165) is 23.4 Å². The van der Waals surface area contributed by atoms with Gasteiger partial charge in [-0.05, 0) is 56.7 Å². The quantitative estimate of drug-likeness (QED) is 0.177. The van der Waals surface area contributed by atoms with Crippen molar-refractivity contribution in [2.24, 2.45) is 23.7 Å². The number of benzene rings is 1. The number of nitrogens with zero attached hydrogens (tertiary/aromatic N) is 4. The molecule has 308 valence electrons. The van der Waals surface area contributed by atoms with Gasteiger partial charge in [0, 0.05) is 39.4 Å². The maximum absolute atomic E-state index is 14.3. The Morgan fingerprint density at radius 3 is 2.15 bits per heavy atom. The molecule has 1 aliphatic heterocycles. The first-order valence-electron chi connectivity index (χ1n) is 19.9. The fraction of sp³-hybridized carbons (Fsp3) is 0.690. The van der Waals surface area contributed by atoms with Gasteiger partial charge in [-0.1, -0.05) is 85.2 Å². The number of likely N-dealkylation sites (N-methyl/N-ethyl adjacent to an activating group) is 2. The molecule has 0 saturated carbocycles. The van der Waals surface area contributed by atoms with E-state index >= 15 is 0 Å². The second-order valence-electron chi connectivity index (χ2n) is 16.1. The second-order valence-corrected chi connectivity index (χ2v) is 17.0. The third-order valence-corrected chi connectivity index (χ3v) is 12.2. The van der Waals surface area contributed by atoms with Gasteiger partial charge in [0.05, 0.1) is 48.7 Å². The molecule has 1 aliphatic rings. The van der Waals surface area contributed by atoms with Crippen LogP contribution < -0.4 is 10.6 Å². The number of amides is 4. The van der Waals surface area contributed by atoms with Crippen LogP contribution in [0.2, 0.25) is 0 Å². The molecule has 9 atom stereocenters. The van der Waals surface area contributed by atoms with E-state index in [4.69, 9.17) is 9.47 Å². The molecule has 3 rings (SSSR count). The zero-order valence-corrected chi connectivity index (χ0v) is 36.1. The van der Waals surface area contributed by atoms with Crippen LogP contribution in [0.3, 0.4) is 0 Å². The number of aromatic nitrogens is 1. The van der Waals surface area contributed by atoms with Crippen molar-refractivity contribution in [3.05, 3.63) is 52.5 Å². The van der Waals surface area contributed by atoms with Crippen LogP contribution in [0.5, 0.6) is 0 Å². The zero-order valence-electron chi connectivity index (χ0n) is 35.3. The Morgan fingerprint density at radius 2 is 1.62 bits per heavy atom. The molecule has 0 radical (unpaired) electrons. The van der Waals surface area contributed by atoms with Crippen LogP contribution >= 0.6 is 11.3 Å². The molecule has 2 N–H and O–H groups in total. The van der Waals surface area contributed by atoms with Crippen molar-refractivity contribution >= 4 is 35.0 Å². The van der Waals surface area contributed by atoms with Crippen molar-refractivity contribution in [3.63, 3.8) is 0 Å². The minimum Gasteiger partial charge on any atom is -0.379 e. The van der Waals surface area contributed by atoms with Crippen LogP contribution in [0, 0.1) is 23.7 Å². The lowest BCUT2D eigenvalue weighted by Gasteiger charge is -2.41.